The summed E-state index contributed by atoms with van der Waals surface area (Å²) in [5.74, 6) is 1.29. The first-order chi connectivity index (χ1) is 8.42. The summed E-state index contributed by atoms with van der Waals surface area (Å²) in [6, 6.07) is 5.30. The minimum absolute atomic E-state index is 0.0136. The molecular formula is C14H21NO3. The third-order valence-corrected chi connectivity index (χ3v) is 3.11. The van der Waals surface area contributed by atoms with E-state index in [-0.39, 0.29) is 5.91 Å². The SMILES string of the molecule is CCC(C)(C)C(=O)Nc1cc(OC)cc(OC)c1. The predicted molar refractivity (Wildman–Crippen MR) is 72.2 cm³/mol. The first-order valence-corrected chi connectivity index (χ1v) is 5.97. The minimum atomic E-state index is -0.393. The monoisotopic (exact) mass is 251 g/mol. The summed E-state index contributed by atoms with van der Waals surface area (Å²) in [6.45, 7) is 5.82. The van der Waals surface area contributed by atoms with Crippen LogP contribution in [0.3, 0.4) is 0 Å². The molecule has 0 spiro atoms. The van der Waals surface area contributed by atoms with Crippen LogP contribution in [0.4, 0.5) is 5.69 Å². The molecule has 4 nitrogen and oxygen atoms in total. The van der Waals surface area contributed by atoms with E-state index in [0.717, 1.165) is 6.42 Å². The second kappa shape index (κ2) is 5.76. The van der Waals surface area contributed by atoms with Gasteiger partial charge in [-0.3, -0.25) is 4.79 Å². The topological polar surface area (TPSA) is 47.6 Å². The maximum Gasteiger partial charge on any atom is 0.230 e. The number of hydrogen-bond acceptors (Lipinski definition) is 3. The van der Waals surface area contributed by atoms with Crippen LogP contribution in [0.2, 0.25) is 0 Å². The van der Waals surface area contributed by atoms with Crippen molar-refractivity contribution in [2.75, 3.05) is 19.5 Å². The Bertz CT molecular complexity index is 405. The molecular weight excluding hydrogens is 230 g/mol. The minimum Gasteiger partial charge on any atom is -0.497 e. The van der Waals surface area contributed by atoms with Crippen LogP contribution in [0.5, 0.6) is 11.5 Å². The van der Waals surface area contributed by atoms with E-state index in [1.54, 1.807) is 32.4 Å². The zero-order valence-electron chi connectivity index (χ0n) is 11.7. The Morgan fingerprint density at radius 3 is 2.06 bits per heavy atom. The van der Waals surface area contributed by atoms with E-state index in [1.807, 2.05) is 20.8 Å². The molecule has 1 N–H and O–H groups in total. The molecule has 0 unspecified atom stereocenters. The molecule has 0 saturated carbocycles. The summed E-state index contributed by atoms with van der Waals surface area (Å²) in [7, 11) is 3.16. The van der Waals surface area contributed by atoms with Crippen molar-refractivity contribution in [3.05, 3.63) is 18.2 Å². The zero-order valence-corrected chi connectivity index (χ0v) is 11.7. The van der Waals surface area contributed by atoms with Gasteiger partial charge in [0.1, 0.15) is 11.5 Å². The zero-order chi connectivity index (χ0) is 13.8. The first kappa shape index (κ1) is 14.4. The number of amides is 1. The number of carbonyl (C=O) groups excluding carboxylic acids is 1. The quantitative estimate of drug-likeness (QED) is 0.874. The van der Waals surface area contributed by atoms with Crippen LogP contribution in [0.1, 0.15) is 27.2 Å². The Morgan fingerprint density at radius 1 is 1.17 bits per heavy atom. The van der Waals surface area contributed by atoms with E-state index in [0.29, 0.717) is 17.2 Å². The van der Waals surface area contributed by atoms with Crippen molar-refractivity contribution >= 4 is 11.6 Å². The van der Waals surface area contributed by atoms with Crippen LogP contribution in [0, 0.1) is 5.41 Å². The molecule has 1 aromatic carbocycles. The highest BCUT2D eigenvalue weighted by Crippen LogP contribution is 2.28. The molecule has 0 heterocycles. The molecule has 18 heavy (non-hydrogen) atoms. The molecule has 0 aromatic heterocycles. The Kier molecular flexibility index (Phi) is 4.59. The van der Waals surface area contributed by atoms with Crippen molar-refractivity contribution in [2.24, 2.45) is 5.41 Å². The number of rotatable bonds is 5. The Morgan fingerprint density at radius 2 is 1.67 bits per heavy atom. The number of benzene rings is 1. The van der Waals surface area contributed by atoms with Crippen molar-refractivity contribution in [1.82, 2.24) is 0 Å². The standard InChI is InChI=1S/C14H21NO3/c1-6-14(2,3)13(16)15-10-7-11(17-4)9-12(8-10)18-5/h7-9H,6H2,1-5H3,(H,15,16). The molecule has 1 aromatic rings. The molecule has 0 bridgehead atoms. The van der Waals surface area contributed by atoms with Gasteiger partial charge in [0.05, 0.1) is 14.2 Å². The Balaban J connectivity index is 2.93. The molecule has 0 radical (unpaired) electrons. The fourth-order valence-electron chi connectivity index (χ4n) is 1.34. The summed E-state index contributed by atoms with van der Waals surface area (Å²) in [5.41, 5.74) is 0.286. The molecule has 0 aliphatic heterocycles. The van der Waals surface area contributed by atoms with Crippen LogP contribution >= 0.6 is 0 Å². The lowest BCUT2D eigenvalue weighted by Gasteiger charge is -2.21. The fraction of sp³-hybridized carbons (Fsp3) is 0.500. The number of ether oxygens (including phenoxy) is 2. The summed E-state index contributed by atoms with van der Waals surface area (Å²) < 4.78 is 10.3. The van der Waals surface area contributed by atoms with E-state index in [1.165, 1.54) is 0 Å². The smallest absolute Gasteiger partial charge is 0.230 e. The van der Waals surface area contributed by atoms with Crippen molar-refractivity contribution in [3.63, 3.8) is 0 Å². The maximum absolute atomic E-state index is 12.1. The van der Waals surface area contributed by atoms with Gasteiger partial charge in [-0.05, 0) is 6.42 Å². The van der Waals surface area contributed by atoms with Crippen molar-refractivity contribution in [1.29, 1.82) is 0 Å². The van der Waals surface area contributed by atoms with Crippen molar-refractivity contribution in [3.8, 4) is 11.5 Å². The molecule has 0 saturated heterocycles. The fourth-order valence-corrected chi connectivity index (χ4v) is 1.34. The van der Waals surface area contributed by atoms with Gasteiger partial charge in [0.2, 0.25) is 5.91 Å². The van der Waals surface area contributed by atoms with E-state index in [9.17, 15) is 4.79 Å². The Labute approximate surface area is 108 Å². The second-order valence-corrected chi connectivity index (χ2v) is 4.79. The van der Waals surface area contributed by atoms with Gasteiger partial charge in [0, 0.05) is 29.3 Å². The van der Waals surface area contributed by atoms with Gasteiger partial charge >= 0.3 is 0 Å². The third kappa shape index (κ3) is 3.39. The third-order valence-electron chi connectivity index (χ3n) is 3.11. The van der Waals surface area contributed by atoms with E-state index < -0.39 is 5.41 Å². The molecule has 0 fully saturated rings. The van der Waals surface area contributed by atoms with Gasteiger partial charge < -0.3 is 14.8 Å². The highest BCUT2D eigenvalue weighted by atomic mass is 16.5. The number of anilines is 1. The lowest BCUT2D eigenvalue weighted by atomic mass is 9.89. The molecule has 4 heteroatoms. The number of methoxy groups -OCH3 is 2. The molecule has 0 aliphatic carbocycles. The highest BCUT2D eigenvalue weighted by molar-refractivity contribution is 5.95. The summed E-state index contributed by atoms with van der Waals surface area (Å²) >= 11 is 0. The first-order valence-electron chi connectivity index (χ1n) is 5.97. The van der Waals surface area contributed by atoms with Crippen molar-refractivity contribution < 1.29 is 14.3 Å². The van der Waals surface area contributed by atoms with Gasteiger partial charge in [0.15, 0.2) is 0 Å². The second-order valence-electron chi connectivity index (χ2n) is 4.79. The van der Waals surface area contributed by atoms with Crippen LogP contribution in [-0.2, 0) is 4.79 Å². The molecule has 0 atom stereocenters. The van der Waals surface area contributed by atoms with Crippen LogP contribution < -0.4 is 14.8 Å². The summed E-state index contributed by atoms with van der Waals surface area (Å²) in [6.07, 6.45) is 0.778. The highest BCUT2D eigenvalue weighted by Gasteiger charge is 2.25. The normalized spacial score (nSPS) is 10.9. The number of hydrogen-bond donors (Lipinski definition) is 1. The van der Waals surface area contributed by atoms with E-state index in [2.05, 4.69) is 5.32 Å². The maximum atomic E-state index is 12.1. The van der Waals surface area contributed by atoms with Gasteiger partial charge in [-0.15, -0.1) is 0 Å². The summed E-state index contributed by atoms with van der Waals surface area (Å²) in [5, 5.41) is 2.88. The van der Waals surface area contributed by atoms with Crippen molar-refractivity contribution in [2.45, 2.75) is 27.2 Å². The van der Waals surface area contributed by atoms with Crippen LogP contribution in [0.15, 0.2) is 18.2 Å². The average molecular weight is 251 g/mol. The molecule has 1 amide bonds. The predicted octanol–water partition coefficient (Wildman–Crippen LogP) is 3.08. The van der Waals surface area contributed by atoms with E-state index in [4.69, 9.17) is 9.47 Å². The molecule has 1 rings (SSSR count). The van der Waals surface area contributed by atoms with Gasteiger partial charge in [-0.25, -0.2) is 0 Å². The molecule has 0 aliphatic rings. The number of carbonyl (C=O) groups is 1. The van der Waals surface area contributed by atoms with Gasteiger partial charge in [0.25, 0.3) is 0 Å². The Hall–Kier alpha value is -1.71. The van der Waals surface area contributed by atoms with Crippen LogP contribution in [-0.4, -0.2) is 20.1 Å². The lowest BCUT2D eigenvalue weighted by Crippen LogP contribution is -2.29. The van der Waals surface area contributed by atoms with E-state index >= 15 is 0 Å². The van der Waals surface area contributed by atoms with Crippen LogP contribution in [0.25, 0.3) is 0 Å². The molecule has 100 valence electrons. The average Bonchev–Trinajstić information content (AvgIpc) is 2.37. The lowest BCUT2D eigenvalue weighted by molar-refractivity contribution is -0.124. The largest absolute Gasteiger partial charge is 0.497 e. The number of nitrogens with one attached hydrogen (secondary N) is 1. The summed E-state index contributed by atoms with van der Waals surface area (Å²) in [4.78, 5) is 12.1. The van der Waals surface area contributed by atoms with Gasteiger partial charge in [-0.2, -0.15) is 0 Å². The van der Waals surface area contributed by atoms with Gasteiger partial charge in [-0.1, -0.05) is 20.8 Å².